The molecule has 0 aromatic rings. The molecule has 0 radical (unpaired) electrons. The van der Waals surface area contributed by atoms with Gasteiger partial charge in [-0.15, -0.1) is 0 Å². The topological polar surface area (TPSA) is 102 Å². The number of nitrogens with one attached hydrogen (secondary N) is 1. The lowest BCUT2D eigenvalue weighted by Gasteiger charge is -2.18. The van der Waals surface area contributed by atoms with Gasteiger partial charge in [0.05, 0.1) is 0 Å². The van der Waals surface area contributed by atoms with Gasteiger partial charge < -0.3 is 20.9 Å². The zero-order valence-electron chi connectivity index (χ0n) is 9.43. The summed E-state index contributed by atoms with van der Waals surface area (Å²) >= 11 is 1.52. The highest BCUT2D eigenvalue weighted by atomic mass is 32.2. The van der Waals surface area contributed by atoms with Gasteiger partial charge in [0.25, 0.3) is 5.91 Å². The third-order valence-corrected chi connectivity index (χ3v) is 2.66. The molecule has 0 aromatic carbocycles. The first kappa shape index (κ1) is 15.2. The Balaban J connectivity index is 4.27. The Morgan fingerprint density at radius 2 is 2.19 bits per heavy atom. The van der Waals surface area contributed by atoms with E-state index in [-0.39, 0.29) is 6.54 Å². The van der Waals surface area contributed by atoms with Gasteiger partial charge in [-0.3, -0.25) is 4.79 Å². The molecule has 7 heteroatoms. The molecule has 4 N–H and O–H groups in total. The second-order valence-corrected chi connectivity index (χ2v) is 4.13. The molecule has 2 unspecified atom stereocenters. The summed E-state index contributed by atoms with van der Waals surface area (Å²) in [7, 11) is 1.36. The molecule has 0 rings (SSSR count). The molecule has 2 atom stereocenters. The Hall–Kier alpha value is -0.790. The van der Waals surface area contributed by atoms with E-state index in [0.717, 1.165) is 0 Å². The fraction of sp³-hybridized carbons (Fsp3) is 0.778. The molecule has 0 aromatic heterocycles. The van der Waals surface area contributed by atoms with Gasteiger partial charge in [-0.25, -0.2) is 4.79 Å². The number of carbonyl (C=O) groups is 2. The van der Waals surface area contributed by atoms with Crippen LogP contribution in [0.5, 0.6) is 0 Å². The average molecular weight is 250 g/mol. The van der Waals surface area contributed by atoms with Crippen LogP contribution in [0.3, 0.4) is 0 Å². The van der Waals surface area contributed by atoms with Crippen LogP contribution in [0.4, 0.5) is 0 Å². The number of thioether (sulfide) groups is 1. The molecule has 0 heterocycles. The first-order valence-corrected chi connectivity index (χ1v) is 6.21. The zero-order chi connectivity index (χ0) is 12.6. The SMILES string of the molecule is COC(CN)C(=O)NC(CCSC)C(=O)O. The van der Waals surface area contributed by atoms with Gasteiger partial charge in [-0.1, -0.05) is 0 Å². The van der Waals surface area contributed by atoms with E-state index in [1.807, 2.05) is 6.26 Å². The van der Waals surface area contributed by atoms with Crippen molar-refractivity contribution in [1.82, 2.24) is 5.32 Å². The highest BCUT2D eigenvalue weighted by Gasteiger charge is 2.23. The van der Waals surface area contributed by atoms with Crippen LogP contribution in [0.15, 0.2) is 0 Å². The first-order valence-electron chi connectivity index (χ1n) is 4.81. The van der Waals surface area contributed by atoms with Gasteiger partial charge in [0, 0.05) is 13.7 Å². The minimum absolute atomic E-state index is 0.0250. The summed E-state index contributed by atoms with van der Waals surface area (Å²) in [4.78, 5) is 22.3. The van der Waals surface area contributed by atoms with Gasteiger partial charge in [0.1, 0.15) is 12.1 Å². The number of ether oxygens (including phenoxy) is 1. The zero-order valence-corrected chi connectivity index (χ0v) is 10.3. The molecule has 0 bridgehead atoms. The quantitative estimate of drug-likeness (QED) is 0.525. The monoisotopic (exact) mass is 250 g/mol. The molecule has 0 aliphatic carbocycles. The molecular weight excluding hydrogens is 232 g/mol. The minimum atomic E-state index is -1.05. The fourth-order valence-electron chi connectivity index (χ4n) is 1.07. The first-order chi connectivity index (χ1) is 7.56. The van der Waals surface area contributed by atoms with E-state index in [4.69, 9.17) is 15.6 Å². The van der Waals surface area contributed by atoms with Crippen molar-refractivity contribution in [2.45, 2.75) is 18.6 Å². The summed E-state index contributed by atoms with van der Waals surface area (Å²) in [5.74, 6) is -0.870. The maximum absolute atomic E-state index is 11.5. The van der Waals surface area contributed by atoms with Crippen molar-refractivity contribution < 1.29 is 19.4 Å². The third kappa shape index (κ3) is 5.34. The summed E-state index contributed by atoms with van der Waals surface area (Å²) in [6.07, 6.45) is 1.46. The van der Waals surface area contributed by atoms with E-state index >= 15 is 0 Å². The van der Waals surface area contributed by atoms with Crippen LogP contribution >= 0.6 is 11.8 Å². The van der Waals surface area contributed by atoms with Crippen molar-refractivity contribution in [3.8, 4) is 0 Å². The number of carboxylic acids is 1. The summed E-state index contributed by atoms with van der Waals surface area (Å²) in [6.45, 7) is 0.0250. The molecule has 1 amide bonds. The number of methoxy groups -OCH3 is 1. The number of rotatable bonds is 8. The van der Waals surface area contributed by atoms with Crippen molar-refractivity contribution in [3.63, 3.8) is 0 Å². The van der Waals surface area contributed by atoms with Crippen molar-refractivity contribution in [3.05, 3.63) is 0 Å². The Labute approximate surface area is 98.9 Å². The van der Waals surface area contributed by atoms with Crippen molar-refractivity contribution in [1.29, 1.82) is 0 Å². The summed E-state index contributed by atoms with van der Waals surface area (Å²) in [5, 5.41) is 11.3. The van der Waals surface area contributed by atoms with E-state index in [9.17, 15) is 9.59 Å². The molecule has 0 saturated carbocycles. The highest BCUT2D eigenvalue weighted by molar-refractivity contribution is 7.98. The van der Waals surface area contributed by atoms with Gasteiger partial charge in [0.2, 0.25) is 0 Å². The van der Waals surface area contributed by atoms with Crippen LogP contribution in [0.25, 0.3) is 0 Å². The van der Waals surface area contributed by atoms with Crippen LogP contribution in [-0.2, 0) is 14.3 Å². The van der Waals surface area contributed by atoms with E-state index in [2.05, 4.69) is 5.32 Å². The Morgan fingerprint density at radius 3 is 2.56 bits per heavy atom. The van der Waals surface area contributed by atoms with E-state index in [1.165, 1.54) is 18.9 Å². The smallest absolute Gasteiger partial charge is 0.326 e. The molecule has 0 spiro atoms. The largest absolute Gasteiger partial charge is 0.480 e. The number of amides is 1. The molecule has 0 fully saturated rings. The van der Waals surface area contributed by atoms with Crippen LogP contribution in [-0.4, -0.2) is 54.8 Å². The van der Waals surface area contributed by atoms with Crippen LogP contribution in [0.2, 0.25) is 0 Å². The Kier molecular flexibility index (Phi) is 7.96. The summed E-state index contributed by atoms with van der Waals surface area (Å²) in [6, 6.07) is -0.885. The summed E-state index contributed by atoms with van der Waals surface area (Å²) < 4.78 is 4.81. The van der Waals surface area contributed by atoms with Gasteiger partial charge in [-0.2, -0.15) is 11.8 Å². The molecule has 6 nitrogen and oxygen atoms in total. The number of carboxylic acid groups (broad SMARTS) is 1. The van der Waals surface area contributed by atoms with E-state index in [1.54, 1.807) is 0 Å². The summed E-state index contributed by atoms with van der Waals surface area (Å²) in [5.41, 5.74) is 5.30. The predicted molar refractivity (Wildman–Crippen MR) is 62.4 cm³/mol. The van der Waals surface area contributed by atoms with Crippen molar-refractivity contribution in [2.24, 2.45) is 5.73 Å². The number of hydrogen-bond donors (Lipinski definition) is 3. The predicted octanol–water partition coefficient (Wildman–Crippen LogP) is -0.717. The number of nitrogens with two attached hydrogens (primary N) is 1. The highest BCUT2D eigenvalue weighted by Crippen LogP contribution is 2.01. The maximum Gasteiger partial charge on any atom is 0.326 e. The van der Waals surface area contributed by atoms with Crippen LogP contribution in [0, 0.1) is 0 Å². The Bertz CT molecular complexity index is 234. The lowest BCUT2D eigenvalue weighted by Crippen LogP contribution is -2.48. The third-order valence-electron chi connectivity index (χ3n) is 2.02. The lowest BCUT2D eigenvalue weighted by molar-refractivity contribution is -0.143. The average Bonchev–Trinajstić information content (AvgIpc) is 2.25. The molecule has 16 heavy (non-hydrogen) atoms. The minimum Gasteiger partial charge on any atom is -0.480 e. The lowest BCUT2D eigenvalue weighted by atomic mass is 10.2. The van der Waals surface area contributed by atoms with E-state index in [0.29, 0.717) is 12.2 Å². The maximum atomic E-state index is 11.5. The van der Waals surface area contributed by atoms with Crippen LogP contribution in [0.1, 0.15) is 6.42 Å². The second-order valence-electron chi connectivity index (χ2n) is 3.14. The van der Waals surface area contributed by atoms with Crippen molar-refractivity contribution in [2.75, 3.05) is 25.7 Å². The number of hydrogen-bond acceptors (Lipinski definition) is 5. The standard InChI is InChI=1S/C9H18N2O4S/c1-15-7(5-10)8(12)11-6(9(13)14)3-4-16-2/h6-7H,3-5,10H2,1-2H3,(H,11,12)(H,13,14). The second kappa shape index (κ2) is 8.37. The van der Waals surface area contributed by atoms with Gasteiger partial charge in [0.15, 0.2) is 0 Å². The van der Waals surface area contributed by atoms with Crippen molar-refractivity contribution >= 4 is 23.6 Å². The Morgan fingerprint density at radius 1 is 1.56 bits per heavy atom. The number of carbonyl (C=O) groups excluding carboxylic acids is 1. The molecular formula is C9H18N2O4S. The molecule has 0 aliphatic heterocycles. The fourth-order valence-corrected chi connectivity index (χ4v) is 1.54. The van der Waals surface area contributed by atoms with Crippen LogP contribution < -0.4 is 11.1 Å². The molecule has 94 valence electrons. The van der Waals surface area contributed by atoms with Gasteiger partial charge >= 0.3 is 5.97 Å². The van der Waals surface area contributed by atoms with E-state index < -0.39 is 24.0 Å². The van der Waals surface area contributed by atoms with Gasteiger partial charge in [-0.05, 0) is 18.4 Å². The molecule has 0 saturated heterocycles. The molecule has 0 aliphatic rings. The normalized spacial score (nSPS) is 14.2. The number of aliphatic carboxylic acids is 1.